The Hall–Kier alpha value is -2.33. The van der Waals surface area contributed by atoms with Crippen LogP contribution in [0.25, 0.3) is 0 Å². The highest BCUT2D eigenvalue weighted by Gasteiger charge is 2.10. The molecule has 0 radical (unpaired) electrons. The standard InChI is InChI=1S/C24H33N3O/c1-2-21-11-3-4-13-23(21)26-19-20-10-9-12-22(18-20)24(28)25-14-5-6-15-27-16-7-8-17-27/h3-4,9-13,18,26H,2,5-8,14-17,19H2,1H3,(H,25,28). The van der Waals surface area contributed by atoms with Crippen molar-refractivity contribution >= 4 is 11.6 Å². The Bertz CT molecular complexity index is 753. The fraction of sp³-hybridized carbons (Fsp3) is 0.458. The van der Waals surface area contributed by atoms with Crippen molar-refractivity contribution in [1.82, 2.24) is 10.2 Å². The zero-order valence-electron chi connectivity index (χ0n) is 17.0. The van der Waals surface area contributed by atoms with Crippen molar-refractivity contribution in [3.63, 3.8) is 0 Å². The highest BCUT2D eigenvalue weighted by molar-refractivity contribution is 5.94. The van der Waals surface area contributed by atoms with Crippen LogP contribution in [-0.4, -0.2) is 37.0 Å². The third kappa shape index (κ3) is 6.10. The highest BCUT2D eigenvalue weighted by atomic mass is 16.1. The number of aryl methyl sites for hydroxylation is 1. The van der Waals surface area contributed by atoms with Gasteiger partial charge in [-0.2, -0.15) is 0 Å². The molecule has 2 aromatic rings. The Labute approximate surface area is 169 Å². The number of nitrogens with one attached hydrogen (secondary N) is 2. The molecule has 0 atom stereocenters. The monoisotopic (exact) mass is 379 g/mol. The van der Waals surface area contributed by atoms with Crippen LogP contribution in [0, 0.1) is 0 Å². The number of anilines is 1. The zero-order chi connectivity index (χ0) is 19.6. The second-order valence-corrected chi connectivity index (χ2v) is 7.58. The quantitative estimate of drug-likeness (QED) is 0.599. The Kier molecular flexibility index (Phi) is 7.92. The van der Waals surface area contributed by atoms with Gasteiger partial charge in [0.05, 0.1) is 0 Å². The summed E-state index contributed by atoms with van der Waals surface area (Å²) in [7, 11) is 0. The van der Waals surface area contributed by atoms with Crippen LogP contribution in [-0.2, 0) is 13.0 Å². The van der Waals surface area contributed by atoms with Gasteiger partial charge in [-0.3, -0.25) is 4.79 Å². The topological polar surface area (TPSA) is 44.4 Å². The summed E-state index contributed by atoms with van der Waals surface area (Å²) in [4.78, 5) is 15.0. The Morgan fingerprint density at radius 1 is 1.04 bits per heavy atom. The van der Waals surface area contributed by atoms with E-state index in [1.807, 2.05) is 18.2 Å². The van der Waals surface area contributed by atoms with Gasteiger partial charge >= 0.3 is 0 Å². The van der Waals surface area contributed by atoms with Crippen molar-refractivity contribution in [2.75, 3.05) is 31.5 Å². The summed E-state index contributed by atoms with van der Waals surface area (Å²) in [6, 6.07) is 16.3. The SMILES string of the molecule is CCc1ccccc1NCc1cccc(C(=O)NCCCCN2CCCC2)c1. The van der Waals surface area contributed by atoms with Crippen LogP contribution in [0.3, 0.4) is 0 Å². The summed E-state index contributed by atoms with van der Waals surface area (Å²) >= 11 is 0. The number of benzene rings is 2. The molecule has 4 nitrogen and oxygen atoms in total. The van der Waals surface area contributed by atoms with Crippen molar-refractivity contribution in [2.24, 2.45) is 0 Å². The predicted octanol–water partition coefficient (Wildman–Crippen LogP) is 4.47. The van der Waals surface area contributed by atoms with Crippen LogP contribution in [0.1, 0.15) is 54.1 Å². The molecule has 0 saturated carbocycles. The maximum atomic E-state index is 12.4. The van der Waals surface area contributed by atoms with E-state index in [1.165, 1.54) is 31.5 Å². The molecule has 0 unspecified atom stereocenters. The van der Waals surface area contributed by atoms with Crippen molar-refractivity contribution in [3.8, 4) is 0 Å². The number of carbonyl (C=O) groups excluding carboxylic acids is 1. The summed E-state index contributed by atoms with van der Waals surface area (Å²) in [5.41, 5.74) is 4.33. The van der Waals surface area contributed by atoms with Crippen LogP contribution < -0.4 is 10.6 Å². The molecular weight excluding hydrogens is 346 g/mol. The van der Waals surface area contributed by atoms with E-state index in [1.54, 1.807) is 0 Å². The second-order valence-electron chi connectivity index (χ2n) is 7.58. The van der Waals surface area contributed by atoms with Crippen LogP contribution in [0.2, 0.25) is 0 Å². The number of hydrogen-bond acceptors (Lipinski definition) is 3. The van der Waals surface area contributed by atoms with Crippen molar-refractivity contribution in [2.45, 2.75) is 45.6 Å². The number of likely N-dealkylation sites (tertiary alicyclic amines) is 1. The normalized spacial score (nSPS) is 14.2. The van der Waals surface area contributed by atoms with Gasteiger partial charge in [-0.05, 0) is 81.1 Å². The van der Waals surface area contributed by atoms with E-state index >= 15 is 0 Å². The van der Waals surface area contributed by atoms with E-state index in [-0.39, 0.29) is 5.91 Å². The van der Waals surface area contributed by atoms with Gasteiger partial charge < -0.3 is 15.5 Å². The van der Waals surface area contributed by atoms with E-state index < -0.39 is 0 Å². The average molecular weight is 380 g/mol. The molecular formula is C24H33N3O. The summed E-state index contributed by atoms with van der Waals surface area (Å²) in [6.45, 7) is 7.28. The molecule has 1 saturated heterocycles. The minimum absolute atomic E-state index is 0.0250. The molecule has 0 spiro atoms. The zero-order valence-corrected chi connectivity index (χ0v) is 17.0. The Morgan fingerprint density at radius 2 is 1.86 bits per heavy atom. The maximum absolute atomic E-state index is 12.4. The van der Waals surface area contributed by atoms with Gasteiger partial charge in [0.15, 0.2) is 0 Å². The van der Waals surface area contributed by atoms with Gasteiger partial charge in [-0.1, -0.05) is 37.3 Å². The number of rotatable bonds is 10. The van der Waals surface area contributed by atoms with Crippen molar-refractivity contribution < 1.29 is 4.79 Å². The first-order valence-corrected chi connectivity index (χ1v) is 10.7. The highest BCUT2D eigenvalue weighted by Crippen LogP contribution is 2.17. The largest absolute Gasteiger partial charge is 0.381 e. The third-order valence-electron chi connectivity index (χ3n) is 5.46. The molecule has 1 fully saturated rings. The minimum Gasteiger partial charge on any atom is -0.381 e. The Morgan fingerprint density at radius 3 is 2.68 bits per heavy atom. The van der Waals surface area contributed by atoms with E-state index in [0.29, 0.717) is 6.54 Å². The summed E-state index contributed by atoms with van der Waals surface area (Å²) < 4.78 is 0. The smallest absolute Gasteiger partial charge is 0.251 e. The molecule has 0 aromatic heterocycles. The van der Waals surface area contributed by atoms with Gasteiger partial charge in [0.1, 0.15) is 0 Å². The van der Waals surface area contributed by atoms with Gasteiger partial charge in [-0.25, -0.2) is 0 Å². The lowest BCUT2D eigenvalue weighted by molar-refractivity contribution is 0.0952. The first kappa shape index (κ1) is 20.4. The molecule has 4 heteroatoms. The molecule has 28 heavy (non-hydrogen) atoms. The second kappa shape index (κ2) is 10.9. The minimum atomic E-state index is 0.0250. The molecule has 0 bridgehead atoms. The lowest BCUT2D eigenvalue weighted by Crippen LogP contribution is -2.26. The number of nitrogens with zero attached hydrogens (tertiary/aromatic N) is 1. The van der Waals surface area contributed by atoms with Gasteiger partial charge in [0.25, 0.3) is 5.91 Å². The van der Waals surface area contributed by atoms with Crippen LogP contribution in [0.4, 0.5) is 5.69 Å². The van der Waals surface area contributed by atoms with E-state index in [0.717, 1.165) is 49.2 Å². The molecule has 1 aliphatic rings. The van der Waals surface area contributed by atoms with Gasteiger partial charge in [0, 0.05) is 24.3 Å². The number of carbonyl (C=O) groups is 1. The lowest BCUT2D eigenvalue weighted by atomic mass is 10.1. The number of unbranched alkanes of at least 4 members (excludes halogenated alkanes) is 1. The Balaban J connectivity index is 1.43. The molecule has 1 aliphatic heterocycles. The summed E-state index contributed by atoms with van der Waals surface area (Å²) in [5.74, 6) is 0.0250. The average Bonchev–Trinajstić information content (AvgIpc) is 3.26. The van der Waals surface area contributed by atoms with Crippen LogP contribution >= 0.6 is 0 Å². The predicted molar refractivity (Wildman–Crippen MR) is 117 cm³/mol. The fourth-order valence-electron chi connectivity index (χ4n) is 3.79. The van der Waals surface area contributed by atoms with Gasteiger partial charge in [0.2, 0.25) is 0 Å². The molecule has 0 aliphatic carbocycles. The lowest BCUT2D eigenvalue weighted by Gasteiger charge is -2.14. The fourth-order valence-corrected chi connectivity index (χ4v) is 3.79. The molecule has 1 amide bonds. The van der Waals surface area contributed by atoms with Crippen molar-refractivity contribution in [3.05, 3.63) is 65.2 Å². The molecule has 3 rings (SSSR count). The molecule has 2 aromatic carbocycles. The van der Waals surface area contributed by atoms with E-state index in [4.69, 9.17) is 0 Å². The summed E-state index contributed by atoms with van der Waals surface area (Å²) in [6.07, 6.45) is 5.87. The van der Waals surface area contributed by atoms with Crippen LogP contribution in [0.15, 0.2) is 48.5 Å². The van der Waals surface area contributed by atoms with E-state index in [2.05, 4.69) is 52.8 Å². The molecule has 1 heterocycles. The molecule has 150 valence electrons. The maximum Gasteiger partial charge on any atom is 0.251 e. The van der Waals surface area contributed by atoms with Crippen LogP contribution in [0.5, 0.6) is 0 Å². The number of hydrogen-bond donors (Lipinski definition) is 2. The summed E-state index contributed by atoms with van der Waals surface area (Å²) in [5, 5.41) is 6.56. The molecule has 2 N–H and O–H groups in total. The van der Waals surface area contributed by atoms with Gasteiger partial charge in [-0.15, -0.1) is 0 Å². The van der Waals surface area contributed by atoms with E-state index in [9.17, 15) is 4.79 Å². The first-order chi connectivity index (χ1) is 13.8. The van der Waals surface area contributed by atoms with Crippen molar-refractivity contribution in [1.29, 1.82) is 0 Å². The third-order valence-corrected chi connectivity index (χ3v) is 5.46. The number of para-hydroxylation sites is 1. The first-order valence-electron chi connectivity index (χ1n) is 10.7. The number of amides is 1.